The van der Waals surface area contributed by atoms with Crippen molar-refractivity contribution in [2.75, 3.05) is 7.05 Å². The summed E-state index contributed by atoms with van der Waals surface area (Å²) < 4.78 is 31.1. The minimum atomic E-state index is -2.81. The molecule has 0 spiro atoms. The Bertz CT molecular complexity index is 1680. The maximum absolute atomic E-state index is 14.2. The van der Waals surface area contributed by atoms with Gasteiger partial charge in [-0.05, 0) is 98.8 Å². The van der Waals surface area contributed by atoms with Gasteiger partial charge in [-0.15, -0.1) is 11.3 Å². The van der Waals surface area contributed by atoms with E-state index in [1.54, 1.807) is 53.5 Å². The number of halogens is 2. The number of nitrogens with zero attached hydrogens (tertiary/aromatic N) is 4. The van der Waals surface area contributed by atoms with Gasteiger partial charge in [0.2, 0.25) is 5.78 Å². The van der Waals surface area contributed by atoms with E-state index in [9.17, 15) is 13.4 Å². The zero-order chi connectivity index (χ0) is 27.4. The Morgan fingerprint density at radius 3 is 2.67 bits per heavy atom. The molecule has 6 nitrogen and oxygen atoms in total. The van der Waals surface area contributed by atoms with Gasteiger partial charge in [0.25, 0.3) is 0 Å². The van der Waals surface area contributed by atoms with Gasteiger partial charge in [-0.1, -0.05) is 17.2 Å². The van der Waals surface area contributed by atoms with E-state index in [2.05, 4.69) is 22.0 Å². The highest BCUT2D eigenvalue weighted by Gasteiger charge is 2.51. The molecular formula is C29H26ClFN4O2S2. The summed E-state index contributed by atoms with van der Waals surface area (Å²) in [7, 11) is -0.987. The molecule has 1 saturated carbocycles. The maximum atomic E-state index is 14.2. The zero-order valence-electron chi connectivity index (χ0n) is 21.2. The first-order valence-corrected chi connectivity index (χ1v) is 15.5. The molecule has 2 aromatic carbocycles. The number of thiazole rings is 1. The lowest BCUT2D eigenvalue weighted by Crippen LogP contribution is -2.49. The van der Waals surface area contributed by atoms with Crippen molar-refractivity contribution in [3.05, 3.63) is 99.0 Å². The lowest BCUT2D eigenvalue weighted by molar-refractivity contribution is 0.0754. The van der Waals surface area contributed by atoms with Crippen LogP contribution < -0.4 is 0 Å². The highest BCUT2D eigenvalue weighted by molar-refractivity contribution is 7.98. The number of carbonyl (C=O) groups excluding carboxylic acids is 1. The third-order valence-corrected chi connectivity index (χ3v) is 11.2. The Hall–Kier alpha value is -3.11. The maximum Gasteiger partial charge on any atom is 0.201 e. The van der Waals surface area contributed by atoms with Crippen molar-refractivity contribution in [2.45, 2.75) is 36.6 Å². The molecule has 200 valence electrons. The molecule has 2 aliphatic carbocycles. The fourth-order valence-corrected chi connectivity index (χ4v) is 8.13. The third kappa shape index (κ3) is 4.47. The highest BCUT2D eigenvalue weighted by Crippen LogP contribution is 2.51. The summed E-state index contributed by atoms with van der Waals surface area (Å²) in [5.41, 5.74) is 2.76. The molecule has 1 fully saturated rings. The number of aromatic nitrogens is 3. The summed E-state index contributed by atoms with van der Waals surface area (Å²) in [4.78, 5) is 19.1. The third-order valence-electron chi connectivity index (χ3n) is 7.93. The van der Waals surface area contributed by atoms with Gasteiger partial charge in [0.05, 0.1) is 32.7 Å². The zero-order valence-corrected chi connectivity index (χ0v) is 23.6. The fraction of sp³-hybridized carbons (Fsp3) is 0.241. The standard InChI is InChI=1S/C29H26ClFN4O2S2/c1-34(39(2,37)25-11-4-21(30)5-12-25)24-8-3-20-15-26-19(18-33-35(26)23-9-6-22(31)7-10-23)16-29(20,17-24)27(36)28-32-13-14-38-28/h4-7,9-15,18,24H,2-3,8,16-17H2,1H3/t24-,29-,39?/m0/s1. The second kappa shape index (κ2) is 9.82. The average Bonchev–Trinajstić information content (AvgIpc) is 3.61. The Morgan fingerprint density at radius 2 is 1.97 bits per heavy atom. The second-order valence-corrected chi connectivity index (χ2v) is 13.7. The Kier molecular flexibility index (Phi) is 6.58. The van der Waals surface area contributed by atoms with Crippen molar-refractivity contribution in [3.63, 3.8) is 0 Å². The largest absolute Gasteiger partial charge is 0.290 e. The van der Waals surface area contributed by atoms with Crippen LogP contribution in [0.2, 0.25) is 5.02 Å². The molecule has 0 aliphatic heterocycles. The van der Waals surface area contributed by atoms with Crippen molar-refractivity contribution in [1.29, 1.82) is 0 Å². The van der Waals surface area contributed by atoms with Crippen molar-refractivity contribution < 1.29 is 13.4 Å². The van der Waals surface area contributed by atoms with Crippen LogP contribution in [0.4, 0.5) is 4.39 Å². The minimum absolute atomic E-state index is 0.0240. The van der Waals surface area contributed by atoms with Crippen molar-refractivity contribution in [3.8, 4) is 5.69 Å². The van der Waals surface area contributed by atoms with Crippen LogP contribution in [0.5, 0.6) is 0 Å². The molecule has 0 bridgehead atoms. The summed E-state index contributed by atoms with van der Waals surface area (Å²) in [5, 5.41) is 7.44. The van der Waals surface area contributed by atoms with Crippen molar-refractivity contribution in [2.24, 2.45) is 5.41 Å². The first kappa shape index (κ1) is 26.1. The number of hydrogen-bond donors (Lipinski definition) is 0. The van der Waals surface area contributed by atoms with Crippen LogP contribution in [-0.2, 0) is 16.1 Å². The van der Waals surface area contributed by atoms with Crippen LogP contribution >= 0.6 is 22.9 Å². The van der Waals surface area contributed by atoms with Gasteiger partial charge in [0.15, 0.2) is 5.01 Å². The normalized spacial score (nSPS) is 22.1. The molecule has 0 saturated heterocycles. The number of carbonyl (C=O) groups is 1. The van der Waals surface area contributed by atoms with Crippen molar-refractivity contribution >= 4 is 50.4 Å². The second-order valence-electron chi connectivity index (χ2n) is 10.1. The first-order chi connectivity index (χ1) is 18.7. The summed E-state index contributed by atoms with van der Waals surface area (Å²) in [6.07, 6.45) is 7.80. The van der Waals surface area contributed by atoms with E-state index in [-0.39, 0.29) is 17.6 Å². The molecule has 4 aromatic rings. The number of Topliss-reactive ketones (excluding diaryl/α,β-unsaturated/α-hetero) is 1. The van der Waals surface area contributed by atoms with Crippen LogP contribution in [0.1, 0.15) is 40.3 Å². The SMILES string of the molecule is C=S(=O)(c1ccc(Cl)cc1)N(C)[C@H]1CCC2=Cc3c(cnn3-c3ccc(F)cc3)C[C@]2(C(=O)c2nccs2)C1. The molecule has 2 aromatic heterocycles. The summed E-state index contributed by atoms with van der Waals surface area (Å²) in [6.45, 7) is 0. The van der Waals surface area contributed by atoms with Crippen LogP contribution in [0.3, 0.4) is 0 Å². The van der Waals surface area contributed by atoms with Gasteiger partial charge >= 0.3 is 0 Å². The molecule has 1 unspecified atom stereocenters. The van der Waals surface area contributed by atoms with E-state index >= 15 is 0 Å². The number of benzene rings is 2. The summed E-state index contributed by atoms with van der Waals surface area (Å²) >= 11 is 7.39. The first-order valence-electron chi connectivity index (χ1n) is 12.5. The number of rotatable bonds is 6. The number of hydrogen-bond acceptors (Lipinski definition) is 5. The Labute approximate surface area is 235 Å². The van der Waals surface area contributed by atoms with Crippen LogP contribution in [0.15, 0.2) is 76.8 Å². The van der Waals surface area contributed by atoms with Gasteiger partial charge in [0, 0.05) is 27.5 Å². The predicted molar refractivity (Wildman–Crippen MR) is 154 cm³/mol. The summed E-state index contributed by atoms with van der Waals surface area (Å²) in [6, 6.07) is 13.0. The molecule has 6 rings (SSSR count). The van der Waals surface area contributed by atoms with Gasteiger partial charge < -0.3 is 0 Å². The quantitative estimate of drug-likeness (QED) is 0.204. The van der Waals surface area contributed by atoms with Crippen molar-refractivity contribution in [1.82, 2.24) is 19.1 Å². The molecule has 0 radical (unpaired) electrons. The van der Waals surface area contributed by atoms with E-state index in [0.29, 0.717) is 34.2 Å². The van der Waals surface area contributed by atoms with Crippen LogP contribution in [-0.4, -0.2) is 48.0 Å². The van der Waals surface area contributed by atoms with Crippen LogP contribution in [0.25, 0.3) is 11.8 Å². The smallest absolute Gasteiger partial charge is 0.201 e. The molecular weight excluding hydrogens is 555 g/mol. The number of allylic oxidation sites excluding steroid dienone is 1. The molecule has 39 heavy (non-hydrogen) atoms. The molecule has 2 heterocycles. The highest BCUT2D eigenvalue weighted by atomic mass is 35.5. The molecule has 10 heteroatoms. The van der Waals surface area contributed by atoms with Gasteiger partial charge in [-0.25, -0.2) is 22.6 Å². The van der Waals surface area contributed by atoms with Gasteiger partial charge in [-0.2, -0.15) is 5.10 Å². The van der Waals surface area contributed by atoms with E-state index in [1.807, 2.05) is 16.7 Å². The Morgan fingerprint density at radius 1 is 1.23 bits per heavy atom. The van der Waals surface area contributed by atoms with E-state index < -0.39 is 15.1 Å². The molecule has 0 N–H and O–H groups in total. The Balaban J connectivity index is 1.40. The van der Waals surface area contributed by atoms with E-state index in [4.69, 9.17) is 11.6 Å². The average molecular weight is 581 g/mol. The minimum Gasteiger partial charge on any atom is -0.290 e. The number of fused-ring (bicyclic) bond motifs is 2. The van der Waals surface area contributed by atoms with Crippen LogP contribution in [0, 0.1) is 11.2 Å². The topological polar surface area (TPSA) is 68.1 Å². The molecule has 0 amide bonds. The van der Waals surface area contributed by atoms with Gasteiger partial charge in [0.1, 0.15) is 5.82 Å². The predicted octanol–water partition coefficient (Wildman–Crippen LogP) is 6.10. The fourth-order valence-electron chi connectivity index (χ4n) is 5.78. The monoisotopic (exact) mass is 580 g/mol. The lowest BCUT2D eigenvalue weighted by atomic mass is 9.61. The summed E-state index contributed by atoms with van der Waals surface area (Å²) in [5.74, 6) is 3.77. The lowest BCUT2D eigenvalue weighted by Gasteiger charge is -2.46. The van der Waals surface area contributed by atoms with E-state index in [1.165, 1.54) is 23.5 Å². The van der Waals surface area contributed by atoms with E-state index in [0.717, 1.165) is 28.9 Å². The molecule has 2 aliphatic rings. The number of ketones is 1. The molecule has 3 atom stereocenters. The van der Waals surface area contributed by atoms with Gasteiger partial charge in [-0.3, -0.25) is 4.79 Å².